The van der Waals surface area contributed by atoms with Gasteiger partial charge in [-0.1, -0.05) is 0 Å². The van der Waals surface area contributed by atoms with Gasteiger partial charge in [-0.2, -0.15) is 0 Å². The Morgan fingerprint density at radius 3 is 2.67 bits per heavy atom. The molecule has 2 aromatic rings. The first-order valence-electron chi connectivity index (χ1n) is 7.31. The van der Waals surface area contributed by atoms with Crippen LogP contribution in [-0.4, -0.2) is 17.1 Å². The van der Waals surface area contributed by atoms with Crippen LogP contribution in [0.5, 0.6) is 0 Å². The fourth-order valence-corrected chi connectivity index (χ4v) is 2.14. The number of aromatic nitrogens is 1. The third kappa shape index (κ3) is 4.97. The van der Waals surface area contributed by atoms with E-state index in [1.54, 1.807) is 6.20 Å². The van der Waals surface area contributed by atoms with Crippen molar-refractivity contribution >= 4 is 0 Å². The summed E-state index contributed by atoms with van der Waals surface area (Å²) in [4.78, 5) is 4.27. The molecule has 2 rings (SSSR count). The molecule has 1 heterocycles. The monoisotopic (exact) mass is 290 g/mol. The molecule has 1 aromatic heterocycles. The molecule has 114 valence electrons. The Bertz CT molecular complexity index is 579. The van der Waals surface area contributed by atoms with Crippen molar-refractivity contribution in [3.63, 3.8) is 0 Å². The highest BCUT2D eigenvalue weighted by atomic mass is 19.1. The van der Waals surface area contributed by atoms with Crippen LogP contribution in [0.3, 0.4) is 0 Å². The summed E-state index contributed by atoms with van der Waals surface area (Å²) in [5.74, 6) is 1.07. The van der Waals surface area contributed by atoms with Crippen molar-refractivity contribution in [3.05, 3.63) is 41.7 Å². The van der Waals surface area contributed by atoms with Gasteiger partial charge in [-0.3, -0.25) is 0 Å². The van der Waals surface area contributed by atoms with Crippen LogP contribution in [0.25, 0.3) is 11.3 Å². The van der Waals surface area contributed by atoms with Crippen molar-refractivity contribution in [2.24, 2.45) is 0 Å². The molecule has 0 radical (unpaired) electrons. The topological polar surface area (TPSA) is 38.1 Å². The Kier molecular flexibility index (Phi) is 4.78. The summed E-state index contributed by atoms with van der Waals surface area (Å²) in [7, 11) is 0. The Hall–Kier alpha value is -1.68. The van der Waals surface area contributed by atoms with E-state index in [4.69, 9.17) is 4.42 Å². The second-order valence-corrected chi connectivity index (χ2v) is 6.42. The van der Waals surface area contributed by atoms with Gasteiger partial charge in [0.05, 0.1) is 6.20 Å². The third-order valence-corrected chi connectivity index (χ3v) is 3.10. The number of hydrogen-bond acceptors (Lipinski definition) is 3. The van der Waals surface area contributed by atoms with E-state index in [0.29, 0.717) is 11.7 Å². The molecule has 21 heavy (non-hydrogen) atoms. The third-order valence-electron chi connectivity index (χ3n) is 3.10. The first-order chi connectivity index (χ1) is 9.83. The van der Waals surface area contributed by atoms with Gasteiger partial charge in [0.2, 0.25) is 0 Å². The lowest BCUT2D eigenvalue weighted by Crippen LogP contribution is -2.36. The molecule has 0 atom stereocenters. The first-order valence-corrected chi connectivity index (χ1v) is 7.31. The minimum Gasteiger partial charge on any atom is -0.441 e. The molecule has 0 unspecified atom stereocenters. The fourth-order valence-electron chi connectivity index (χ4n) is 2.14. The summed E-state index contributed by atoms with van der Waals surface area (Å²) in [5, 5.41) is 3.43. The van der Waals surface area contributed by atoms with E-state index in [1.807, 2.05) is 13.0 Å². The van der Waals surface area contributed by atoms with E-state index in [0.717, 1.165) is 30.5 Å². The van der Waals surface area contributed by atoms with Gasteiger partial charge in [-0.05, 0) is 64.4 Å². The summed E-state index contributed by atoms with van der Waals surface area (Å²) in [6.07, 6.45) is 3.40. The van der Waals surface area contributed by atoms with Crippen LogP contribution in [0.15, 0.2) is 28.8 Å². The largest absolute Gasteiger partial charge is 0.441 e. The summed E-state index contributed by atoms with van der Waals surface area (Å²) in [6.45, 7) is 9.20. The lowest BCUT2D eigenvalue weighted by Gasteiger charge is -2.19. The van der Waals surface area contributed by atoms with Gasteiger partial charge < -0.3 is 9.73 Å². The summed E-state index contributed by atoms with van der Waals surface area (Å²) in [6, 6.07) is 4.87. The van der Waals surface area contributed by atoms with Gasteiger partial charge >= 0.3 is 0 Å². The predicted molar refractivity (Wildman–Crippen MR) is 82.7 cm³/mol. The zero-order valence-corrected chi connectivity index (χ0v) is 13.2. The van der Waals surface area contributed by atoms with Crippen molar-refractivity contribution in [1.29, 1.82) is 0 Å². The molecule has 0 saturated carbocycles. The van der Waals surface area contributed by atoms with Crippen molar-refractivity contribution in [3.8, 4) is 11.3 Å². The summed E-state index contributed by atoms with van der Waals surface area (Å²) in [5.41, 5.74) is 1.73. The highest BCUT2D eigenvalue weighted by Crippen LogP contribution is 2.23. The van der Waals surface area contributed by atoms with E-state index >= 15 is 0 Å². The van der Waals surface area contributed by atoms with Crippen molar-refractivity contribution < 1.29 is 8.81 Å². The van der Waals surface area contributed by atoms with Crippen LogP contribution in [0.2, 0.25) is 0 Å². The first kappa shape index (κ1) is 15.7. The Balaban J connectivity index is 1.95. The van der Waals surface area contributed by atoms with E-state index in [9.17, 15) is 4.39 Å². The van der Waals surface area contributed by atoms with E-state index in [-0.39, 0.29) is 11.4 Å². The molecule has 0 amide bonds. The average Bonchev–Trinajstić information content (AvgIpc) is 2.81. The lowest BCUT2D eigenvalue weighted by atomic mass is 10.1. The molecule has 0 spiro atoms. The quantitative estimate of drug-likeness (QED) is 0.842. The van der Waals surface area contributed by atoms with Crippen LogP contribution in [0.4, 0.5) is 4.39 Å². The van der Waals surface area contributed by atoms with Crippen LogP contribution in [-0.2, 0) is 6.42 Å². The van der Waals surface area contributed by atoms with Crippen LogP contribution >= 0.6 is 0 Å². The maximum atomic E-state index is 13.4. The molecule has 3 nitrogen and oxygen atoms in total. The number of benzene rings is 1. The number of oxazole rings is 1. The van der Waals surface area contributed by atoms with Crippen LogP contribution in [0.1, 0.15) is 38.6 Å². The van der Waals surface area contributed by atoms with E-state index in [1.165, 1.54) is 12.1 Å². The molecule has 4 heteroatoms. The Morgan fingerprint density at radius 2 is 2.00 bits per heavy atom. The highest BCUT2D eigenvalue weighted by Gasteiger charge is 2.10. The van der Waals surface area contributed by atoms with Crippen LogP contribution in [0, 0.1) is 12.7 Å². The van der Waals surface area contributed by atoms with Crippen LogP contribution < -0.4 is 5.32 Å². The SMILES string of the molecule is Cc1cc(F)cc(-c2cnc(CCCNC(C)(C)C)o2)c1. The zero-order chi connectivity index (χ0) is 15.5. The maximum absolute atomic E-state index is 13.4. The van der Waals surface area contributed by atoms with Crippen molar-refractivity contribution in [2.45, 2.75) is 46.1 Å². The van der Waals surface area contributed by atoms with Gasteiger partial charge in [0.25, 0.3) is 0 Å². The minimum absolute atomic E-state index is 0.126. The summed E-state index contributed by atoms with van der Waals surface area (Å²) < 4.78 is 19.1. The van der Waals surface area contributed by atoms with Gasteiger partial charge in [0.15, 0.2) is 11.7 Å². The normalized spacial score (nSPS) is 11.9. The zero-order valence-electron chi connectivity index (χ0n) is 13.2. The van der Waals surface area contributed by atoms with Gasteiger partial charge in [0.1, 0.15) is 5.82 Å². The van der Waals surface area contributed by atoms with Crippen molar-refractivity contribution in [2.75, 3.05) is 6.54 Å². The smallest absolute Gasteiger partial charge is 0.194 e. The number of hydrogen-bond donors (Lipinski definition) is 1. The second kappa shape index (κ2) is 6.39. The van der Waals surface area contributed by atoms with Gasteiger partial charge in [-0.25, -0.2) is 9.37 Å². The number of nitrogens with zero attached hydrogens (tertiary/aromatic N) is 1. The summed E-state index contributed by atoms with van der Waals surface area (Å²) >= 11 is 0. The standard InChI is InChI=1S/C17H23FN2O/c1-12-8-13(10-14(18)9-12)15-11-19-16(21-15)6-5-7-20-17(2,3)4/h8-11,20H,5-7H2,1-4H3. The molecule has 1 aromatic carbocycles. The maximum Gasteiger partial charge on any atom is 0.194 e. The van der Waals surface area contributed by atoms with Gasteiger partial charge in [0, 0.05) is 17.5 Å². The number of rotatable bonds is 5. The average molecular weight is 290 g/mol. The molecule has 1 N–H and O–H groups in total. The Morgan fingerprint density at radius 1 is 1.24 bits per heavy atom. The molecule has 0 aliphatic rings. The highest BCUT2D eigenvalue weighted by molar-refractivity contribution is 5.57. The fraction of sp³-hybridized carbons (Fsp3) is 0.471. The number of halogens is 1. The van der Waals surface area contributed by atoms with E-state index < -0.39 is 0 Å². The molecule has 0 aliphatic carbocycles. The number of aryl methyl sites for hydroxylation is 2. The lowest BCUT2D eigenvalue weighted by molar-refractivity contribution is 0.412. The second-order valence-electron chi connectivity index (χ2n) is 6.42. The van der Waals surface area contributed by atoms with Crippen molar-refractivity contribution in [1.82, 2.24) is 10.3 Å². The predicted octanol–water partition coefficient (Wildman–Crippen LogP) is 4.11. The molecular weight excluding hydrogens is 267 g/mol. The molecule has 0 saturated heterocycles. The minimum atomic E-state index is -0.252. The molecular formula is C17H23FN2O. The van der Waals surface area contributed by atoms with E-state index in [2.05, 4.69) is 31.1 Å². The molecule has 0 fully saturated rings. The molecule has 0 bridgehead atoms. The molecule has 0 aliphatic heterocycles. The van der Waals surface area contributed by atoms with Gasteiger partial charge in [-0.15, -0.1) is 0 Å². The Labute approximate surface area is 125 Å². The number of nitrogens with one attached hydrogen (secondary N) is 1.